The summed E-state index contributed by atoms with van der Waals surface area (Å²) in [6, 6.07) is 6.00. The zero-order valence-corrected chi connectivity index (χ0v) is 10.1. The lowest BCUT2D eigenvalue weighted by atomic mass is 10.3. The Kier molecular flexibility index (Phi) is 5.42. The van der Waals surface area contributed by atoms with Gasteiger partial charge in [0.25, 0.3) is 5.91 Å². The summed E-state index contributed by atoms with van der Waals surface area (Å²) in [6.07, 6.45) is 0. The van der Waals surface area contributed by atoms with E-state index in [2.05, 4.69) is 5.32 Å². The molecule has 0 radical (unpaired) electrons. The summed E-state index contributed by atoms with van der Waals surface area (Å²) >= 11 is 0. The molecular formula is C12H17FN2O2. The Balaban J connectivity index is 2.26. The summed E-state index contributed by atoms with van der Waals surface area (Å²) in [5.41, 5.74) is 0. The minimum atomic E-state index is -0.464. The van der Waals surface area contributed by atoms with Gasteiger partial charge in [-0.3, -0.25) is 4.79 Å². The van der Waals surface area contributed by atoms with Gasteiger partial charge in [0.15, 0.2) is 18.2 Å². The molecule has 5 heteroatoms. The van der Waals surface area contributed by atoms with Crippen molar-refractivity contribution in [2.45, 2.75) is 0 Å². The molecule has 0 aliphatic rings. The number of hydrogen-bond acceptors (Lipinski definition) is 3. The van der Waals surface area contributed by atoms with E-state index < -0.39 is 5.82 Å². The first kappa shape index (κ1) is 13.4. The molecule has 0 bridgehead atoms. The number of carbonyl (C=O) groups is 1. The molecule has 0 heterocycles. The van der Waals surface area contributed by atoms with Gasteiger partial charge in [-0.1, -0.05) is 12.1 Å². The molecule has 1 aromatic carbocycles. The minimum Gasteiger partial charge on any atom is -0.481 e. The number of hydrogen-bond donors (Lipinski definition) is 1. The highest BCUT2D eigenvalue weighted by atomic mass is 19.1. The van der Waals surface area contributed by atoms with Crippen LogP contribution in [0.15, 0.2) is 24.3 Å². The lowest BCUT2D eigenvalue weighted by molar-refractivity contribution is -0.123. The monoisotopic (exact) mass is 240 g/mol. The quantitative estimate of drug-likeness (QED) is 0.802. The van der Waals surface area contributed by atoms with Crippen LogP contribution in [-0.4, -0.2) is 44.6 Å². The molecule has 0 fully saturated rings. The second kappa shape index (κ2) is 6.85. The van der Waals surface area contributed by atoms with Crippen molar-refractivity contribution in [2.75, 3.05) is 33.8 Å². The van der Waals surface area contributed by atoms with Gasteiger partial charge in [-0.05, 0) is 26.2 Å². The van der Waals surface area contributed by atoms with E-state index in [0.717, 1.165) is 6.54 Å². The smallest absolute Gasteiger partial charge is 0.257 e. The molecule has 94 valence electrons. The van der Waals surface area contributed by atoms with E-state index in [4.69, 9.17) is 4.74 Å². The molecule has 0 saturated carbocycles. The van der Waals surface area contributed by atoms with E-state index in [1.807, 2.05) is 19.0 Å². The molecule has 0 aliphatic carbocycles. The Hall–Kier alpha value is -1.62. The zero-order chi connectivity index (χ0) is 12.7. The Labute approximate surface area is 100 Å². The maximum absolute atomic E-state index is 13.1. The molecule has 0 aliphatic heterocycles. The van der Waals surface area contributed by atoms with Gasteiger partial charge in [-0.25, -0.2) is 4.39 Å². The molecule has 0 atom stereocenters. The van der Waals surface area contributed by atoms with Crippen LogP contribution >= 0.6 is 0 Å². The number of likely N-dealkylation sites (N-methyl/N-ethyl adjacent to an activating group) is 1. The van der Waals surface area contributed by atoms with E-state index in [9.17, 15) is 9.18 Å². The van der Waals surface area contributed by atoms with Gasteiger partial charge < -0.3 is 15.0 Å². The normalized spacial score (nSPS) is 10.4. The van der Waals surface area contributed by atoms with Gasteiger partial charge in [0.2, 0.25) is 0 Å². The standard InChI is InChI=1S/C12H17FN2O2/c1-15(2)8-7-14-12(16)9-17-11-6-4-3-5-10(11)13/h3-6H,7-9H2,1-2H3,(H,14,16). The number of halogens is 1. The van der Waals surface area contributed by atoms with Gasteiger partial charge in [-0.15, -0.1) is 0 Å². The number of rotatable bonds is 6. The van der Waals surface area contributed by atoms with Crippen LogP contribution in [0.25, 0.3) is 0 Å². The van der Waals surface area contributed by atoms with E-state index in [-0.39, 0.29) is 18.3 Å². The van der Waals surface area contributed by atoms with Crippen LogP contribution in [0.5, 0.6) is 5.75 Å². The lowest BCUT2D eigenvalue weighted by Crippen LogP contribution is -2.34. The average Bonchev–Trinajstić information content (AvgIpc) is 2.27. The van der Waals surface area contributed by atoms with Gasteiger partial charge >= 0.3 is 0 Å². The van der Waals surface area contributed by atoms with Crippen molar-refractivity contribution in [1.29, 1.82) is 0 Å². The summed E-state index contributed by atoms with van der Waals surface area (Å²) in [7, 11) is 3.84. The maximum Gasteiger partial charge on any atom is 0.257 e. The van der Waals surface area contributed by atoms with Gasteiger partial charge in [0, 0.05) is 13.1 Å². The summed E-state index contributed by atoms with van der Waals surface area (Å²) in [6.45, 7) is 1.13. The van der Waals surface area contributed by atoms with E-state index in [0.29, 0.717) is 6.54 Å². The molecule has 0 aromatic heterocycles. The number of benzene rings is 1. The van der Waals surface area contributed by atoms with Crippen molar-refractivity contribution in [3.63, 3.8) is 0 Å². The van der Waals surface area contributed by atoms with Gasteiger partial charge in [0.1, 0.15) is 0 Å². The largest absolute Gasteiger partial charge is 0.481 e. The second-order valence-electron chi connectivity index (χ2n) is 3.87. The van der Waals surface area contributed by atoms with Crippen LogP contribution < -0.4 is 10.1 Å². The zero-order valence-electron chi connectivity index (χ0n) is 10.1. The van der Waals surface area contributed by atoms with Crippen molar-refractivity contribution >= 4 is 5.91 Å². The first-order valence-corrected chi connectivity index (χ1v) is 5.38. The highest BCUT2D eigenvalue weighted by molar-refractivity contribution is 5.77. The Morgan fingerprint density at radius 2 is 2.12 bits per heavy atom. The summed E-state index contributed by atoms with van der Waals surface area (Å²) < 4.78 is 18.2. The predicted octanol–water partition coefficient (Wildman–Crippen LogP) is 0.882. The second-order valence-corrected chi connectivity index (χ2v) is 3.87. The SMILES string of the molecule is CN(C)CCNC(=O)COc1ccccc1F. The van der Waals surface area contributed by atoms with Crippen LogP contribution in [-0.2, 0) is 4.79 Å². The number of para-hydroxylation sites is 1. The van der Waals surface area contributed by atoms with Crippen LogP contribution in [0.2, 0.25) is 0 Å². The molecule has 0 unspecified atom stereocenters. The molecule has 1 N–H and O–H groups in total. The predicted molar refractivity (Wildman–Crippen MR) is 63.5 cm³/mol. The van der Waals surface area contributed by atoms with E-state index >= 15 is 0 Å². The third-order valence-corrected chi connectivity index (χ3v) is 2.08. The van der Waals surface area contributed by atoms with E-state index in [1.54, 1.807) is 12.1 Å². The Morgan fingerprint density at radius 3 is 2.76 bits per heavy atom. The van der Waals surface area contributed by atoms with Crippen molar-refractivity contribution in [3.8, 4) is 5.75 Å². The molecule has 1 rings (SSSR count). The summed E-state index contributed by atoms with van der Waals surface area (Å²) in [4.78, 5) is 13.3. The first-order chi connectivity index (χ1) is 8.09. The van der Waals surface area contributed by atoms with Crippen molar-refractivity contribution in [3.05, 3.63) is 30.1 Å². The van der Waals surface area contributed by atoms with Gasteiger partial charge in [-0.2, -0.15) is 0 Å². The van der Waals surface area contributed by atoms with Crippen molar-refractivity contribution in [1.82, 2.24) is 10.2 Å². The summed E-state index contributed by atoms with van der Waals surface area (Å²) in [5, 5.41) is 2.68. The van der Waals surface area contributed by atoms with Crippen LogP contribution in [0.3, 0.4) is 0 Å². The van der Waals surface area contributed by atoms with E-state index in [1.165, 1.54) is 12.1 Å². The fraction of sp³-hybridized carbons (Fsp3) is 0.417. The molecule has 1 aromatic rings. The third kappa shape index (κ3) is 5.31. The number of nitrogens with zero attached hydrogens (tertiary/aromatic N) is 1. The highest BCUT2D eigenvalue weighted by Crippen LogP contribution is 2.14. The first-order valence-electron chi connectivity index (χ1n) is 5.38. The molecule has 4 nitrogen and oxygen atoms in total. The number of carbonyl (C=O) groups excluding carboxylic acids is 1. The fourth-order valence-corrected chi connectivity index (χ4v) is 1.18. The average molecular weight is 240 g/mol. The number of amides is 1. The molecular weight excluding hydrogens is 223 g/mol. The molecule has 1 amide bonds. The van der Waals surface area contributed by atoms with Crippen LogP contribution in [0.1, 0.15) is 0 Å². The topological polar surface area (TPSA) is 41.6 Å². The van der Waals surface area contributed by atoms with Crippen LogP contribution in [0.4, 0.5) is 4.39 Å². The highest BCUT2D eigenvalue weighted by Gasteiger charge is 2.05. The lowest BCUT2D eigenvalue weighted by Gasteiger charge is -2.11. The number of ether oxygens (including phenoxy) is 1. The minimum absolute atomic E-state index is 0.0928. The fourth-order valence-electron chi connectivity index (χ4n) is 1.18. The Bertz CT molecular complexity index is 369. The third-order valence-electron chi connectivity index (χ3n) is 2.08. The Morgan fingerprint density at radius 1 is 1.41 bits per heavy atom. The number of nitrogens with one attached hydrogen (secondary N) is 1. The van der Waals surface area contributed by atoms with Crippen molar-refractivity contribution in [2.24, 2.45) is 0 Å². The molecule has 0 spiro atoms. The summed E-state index contributed by atoms with van der Waals surface area (Å²) in [5.74, 6) is -0.626. The molecule has 17 heavy (non-hydrogen) atoms. The van der Waals surface area contributed by atoms with Gasteiger partial charge in [0.05, 0.1) is 0 Å². The van der Waals surface area contributed by atoms with Crippen LogP contribution in [0, 0.1) is 5.82 Å². The van der Waals surface area contributed by atoms with Crippen molar-refractivity contribution < 1.29 is 13.9 Å². The molecule has 0 saturated heterocycles. The maximum atomic E-state index is 13.1.